The first-order valence-electron chi connectivity index (χ1n) is 10.1. The fraction of sp³-hybridized carbons (Fsp3) is 0.154. The molecule has 0 aliphatic carbocycles. The molecule has 1 aromatic heterocycles. The molecule has 1 unspecified atom stereocenters. The average molecular weight is 378 g/mol. The Kier molecular flexibility index (Phi) is 4.36. The van der Waals surface area contributed by atoms with Crippen molar-refractivity contribution in [1.82, 2.24) is 10.2 Å². The Balaban J connectivity index is 1.65. The van der Waals surface area contributed by atoms with Crippen LogP contribution in [0.3, 0.4) is 0 Å². The topological polar surface area (TPSA) is 38.9 Å². The van der Waals surface area contributed by atoms with Crippen LogP contribution in [-0.4, -0.2) is 10.2 Å². The Morgan fingerprint density at radius 1 is 0.690 bits per heavy atom. The SMILES string of the molecule is CCC(C)c1ccc(-c2nnc(-c3cccc4ccccc34)o2)c2ccccc12. The second-order valence-corrected chi connectivity index (χ2v) is 7.50. The molecule has 0 N–H and O–H groups in total. The molecule has 0 saturated carbocycles. The number of nitrogens with zero attached hydrogens (tertiary/aromatic N) is 2. The molecular weight excluding hydrogens is 356 g/mol. The summed E-state index contributed by atoms with van der Waals surface area (Å²) in [6.45, 7) is 4.49. The molecule has 142 valence electrons. The summed E-state index contributed by atoms with van der Waals surface area (Å²) in [6, 6.07) is 27.2. The van der Waals surface area contributed by atoms with Crippen molar-refractivity contribution in [1.29, 1.82) is 0 Å². The van der Waals surface area contributed by atoms with Crippen LogP contribution in [0, 0.1) is 0 Å². The molecular formula is C26H22N2O. The van der Waals surface area contributed by atoms with Gasteiger partial charge < -0.3 is 4.42 Å². The molecule has 0 amide bonds. The highest BCUT2D eigenvalue weighted by atomic mass is 16.4. The van der Waals surface area contributed by atoms with E-state index in [0.29, 0.717) is 17.7 Å². The summed E-state index contributed by atoms with van der Waals surface area (Å²) < 4.78 is 6.18. The van der Waals surface area contributed by atoms with Gasteiger partial charge in [0.15, 0.2) is 0 Å². The van der Waals surface area contributed by atoms with Gasteiger partial charge in [0.05, 0.1) is 0 Å². The van der Waals surface area contributed by atoms with Gasteiger partial charge >= 0.3 is 0 Å². The molecule has 0 aliphatic rings. The van der Waals surface area contributed by atoms with Crippen LogP contribution in [0.1, 0.15) is 31.7 Å². The molecule has 0 aliphatic heterocycles. The van der Waals surface area contributed by atoms with Gasteiger partial charge in [0.1, 0.15) is 0 Å². The van der Waals surface area contributed by atoms with Gasteiger partial charge in [0.25, 0.3) is 0 Å². The standard InChI is InChI=1S/C26H22N2O/c1-3-17(2)19-15-16-24(22-13-7-6-12-21(19)22)26-28-27-25(29-26)23-14-8-10-18-9-4-5-11-20(18)23/h4-17H,3H2,1-2H3. The van der Waals surface area contributed by atoms with Gasteiger partial charge in [0.2, 0.25) is 11.8 Å². The Labute approximate surface area is 170 Å². The van der Waals surface area contributed by atoms with Gasteiger partial charge in [-0.3, -0.25) is 0 Å². The molecule has 29 heavy (non-hydrogen) atoms. The third kappa shape index (κ3) is 2.99. The van der Waals surface area contributed by atoms with E-state index in [1.807, 2.05) is 24.3 Å². The number of aromatic nitrogens is 2. The van der Waals surface area contributed by atoms with Gasteiger partial charge in [-0.2, -0.15) is 0 Å². The Morgan fingerprint density at radius 2 is 1.31 bits per heavy atom. The summed E-state index contributed by atoms with van der Waals surface area (Å²) in [6.07, 6.45) is 1.11. The summed E-state index contributed by atoms with van der Waals surface area (Å²) in [5.41, 5.74) is 3.30. The summed E-state index contributed by atoms with van der Waals surface area (Å²) in [4.78, 5) is 0. The fourth-order valence-corrected chi connectivity index (χ4v) is 4.01. The molecule has 0 spiro atoms. The summed E-state index contributed by atoms with van der Waals surface area (Å²) in [7, 11) is 0. The third-order valence-electron chi connectivity index (χ3n) is 5.78. The van der Waals surface area contributed by atoms with Crippen molar-refractivity contribution < 1.29 is 4.42 Å². The van der Waals surface area contributed by atoms with Crippen molar-refractivity contribution in [3.05, 3.63) is 84.4 Å². The number of fused-ring (bicyclic) bond motifs is 2. The third-order valence-corrected chi connectivity index (χ3v) is 5.78. The van der Waals surface area contributed by atoms with Crippen molar-refractivity contribution in [2.45, 2.75) is 26.2 Å². The largest absolute Gasteiger partial charge is 0.416 e. The molecule has 5 aromatic rings. The first kappa shape index (κ1) is 17.6. The summed E-state index contributed by atoms with van der Waals surface area (Å²) in [5, 5.41) is 13.5. The maximum atomic E-state index is 6.18. The lowest BCUT2D eigenvalue weighted by Crippen LogP contribution is -1.94. The second-order valence-electron chi connectivity index (χ2n) is 7.50. The maximum absolute atomic E-state index is 6.18. The van der Waals surface area contributed by atoms with E-state index >= 15 is 0 Å². The lowest BCUT2D eigenvalue weighted by atomic mass is 9.91. The van der Waals surface area contributed by atoms with Crippen LogP contribution >= 0.6 is 0 Å². The molecule has 0 fully saturated rings. The molecule has 3 heteroatoms. The van der Waals surface area contributed by atoms with Crippen LogP contribution in [0.25, 0.3) is 44.5 Å². The molecule has 1 heterocycles. The minimum Gasteiger partial charge on any atom is -0.416 e. The van der Waals surface area contributed by atoms with Gasteiger partial charge in [-0.05, 0) is 51.6 Å². The Hall–Kier alpha value is -3.46. The Morgan fingerprint density at radius 3 is 2.07 bits per heavy atom. The molecule has 0 radical (unpaired) electrons. The van der Waals surface area contributed by atoms with Crippen LogP contribution in [0.15, 0.2) is 83.3 Å². The molecule has 0 bridgehead atoms. The molecule has 3 nitrogen and oxygen atoms in total. The van der Waals surface area contributed by atoms with Crippen LogP contribution < -0.4 is 0 Å². The number of rotatable bonds is 4. The predicted molar refractivity (Wildman–Crippen MR) is 119 cm³/mol. The first-order valence-corrected chi connectivity index (χ1v) is 10.1. The van der Waals surface area contributed by atoms with E-state index in [4.69, 9.17) is 4.42 Å². The van der Waals surface area contributed by atoms with Gasteiger partial charge in [-0.15, -0.1) is 10.2 Å². The lowest BCUT2D eigenvalue weighted by molar-refractivity contribution is 0.586. The molecule has 5 rings (SSSR count). The zero-order valence-corrected chi connectivity index (χ0v) is 16.6. The number of benzene rings is 4. The lowest BCUT2D eigenvalue weighted by Gasteiger charge is -2.14. The highest BCUT2D eigenvalue weighted by Gasteiger charge is 2.17. The van der Waals surface area contributed by atoms with E-state index < -0.39 is 0 Å². The van der Waals surface area contributed by atoms with E-state index in [0.717, 1.165) is 33.7 Å². The van der Waals surface area contributed by atoms with Crippen molar-refractivity contribution in [3.8, 4) is 22.9 Å². The molecule has 0 saturated heterocycles. The van der Waals surface area contributed by atoms with E-state index in [9.17, 15) is 0 Å². The normalized spacial score (nSPS) is 12.5. The van der Waals surface area contributed by atoms with Crippen LogP contribution in [-0.2, 0) is 0 Å². The van der Waals surface area contributed by atoms with Crippen molar-refractivity contribution in [2.75, 3.05) is 0 Å². The second kappa shape index (κ2) is 7.17. The van der Waals surface area contributed by atoms with Crippen LogP contribution in [0.4, 0.5) is 0 Å². The van der Waals surface area contributed by atoms with E-state index in [-0.39, 0.29) is 0 Å². The Bertz CT molecular complexity index is 1310. The highest BCUT2D eigenvalue weighted by molar-refractivity contribution is 5.98. The van der Waals surface area contributed by atoms with Crippen molar-refractivity contribution in [2.24, 2.45) is 0 Å². The summed E-state index contributed by atoms with van der Waals surface area (Å²) >= 11 is 0. The van der Waals surface area contributed by atoms with E-state index in [1.54, 1.807) is 0 Å². The van der Waals surface area contributed by atoms with Gasteiger partial charge in [-0.25, -0.2) is 0 Å². The quantitative estimate of drug-likeness (QED) is 0.331. The highest BCUT2D eigenvalue weighted by Crippen LogP contribution is 2.36. The molecule has 4 aromatic carbocycles. The first-order chi connectivity index (χ1) is 14.3. The zero-order chi connectivity index (χ0) is 19.8. The maximum Gasteiger partial charge on any atom is 0.248 e. The van der Waals surface area contributed by atoms with Crippen molar-refractivity contribution >= 4 is 21.5 Å². The summed E-state index contributed by atoms with van der Waals surface area (Å²) in [5.74, 6) is 1.61. The average Bonchev–Trinajstić information content (AvgIpc) is 3.27. The predicted octanol–water partition coefficient (Wildman–Crippen LogP) is 7.22. The number of hydrogen-bond donors (Lipinski definition) is 0. The number of hydrogen-bond acceptors (Lipinski definition) is 3. The van der Waals surface area contributed by atoms with E-state index in [1.165, 1.54) is 10.9 Å². The monoisotopic (exact) mass is 378 g/mol. The minimum absolute atomic E-state index is 0.503. The van der Waals surface area contributed by atoms with Gasteiger partial charge in [-0.1, -0.05) is 80.6 Å². The smallest absolute Gasteiger partial charge is 0.248 e. The van der Waals surface area contributed by atoms with Crippen LogP contribution in [0.5, 0.6) is 0 Å². The van der Waals surface area contributed by atoms with Crippen LogP contribution in [0.2, 0.25) is 0 Å². The minimum atomic E-state index is 0.503. The zero-order valence-electron chi connectivity index (χ0n) is 16.6. The fourth-order valence-electron chi connectivity index (χ4n) is 4.01. The van der Waals surface area contributed by atoms with Gasteiger partial charge in [0, 0.05) is 11.1 Å². The van der Waals surface area contributed by atoms with E-state index in [2.05, 4.69) is 78.6 Å². The van der Waals surface area contributed by atoms with Crippen molar-refractivity contribution in [3.63, 3.8) is 0 Å². The molecule has 1 atom stereocenters.